The smallest absolute Gasteiger partial charge is 0.207 e. The number of rotatable bonds is 0. The summed E-state index contributed by atoms with van der Waals surface area (Å²) in [5, 5.41) is 0.518. The number of nitrogens with one attached hydrogen (secondary N) is 1. The molecule has 4 heteroatoms. The zero-order valence-electron chi connectivity index (χ0n) is 6.04. The van der Waals surface area contributed by atoms with Crippen LogP contribution in [0.15, 0.2) is 29.3 Å². The first-order valence-electron chi connectivity index (χ1n) is 3.40. The van der Waals surface area contributed by atoms with E-state index in [4.69, 9.17) is 11.6 Å². The number of H-pyrrole nitrogens is 1. The minimum atomic E-state index is -0.0968. The first kappa shape index (κ1) is 7.31. The highest BCUT2D eigenvalue weighted by atomic mass is 35.5. The number of halogens is 1. The molecule has 0 aromatic carbocycles. The number of pyridine rings is 2. The van der Waals surface area contributed by atoms with Crippen molar-refractivity contribution in [1.29, 1.82) is 0 Å². The van der Waals surface area contributed by atoms with Gasteiger partial charge >= 0.3 is 0 Å². The van der Waals surface area contributed by atoms with Crippen LogP contribution in [0.2, 0.25) is 5.02 Å². The molecule has 0 radical (unpaired) electrons. The lowest BCUT2D eigenvalue weighted by Gasteiger charge is -1.94. The van der Waals surface area contributed by atoms with E-state index in [1.165, 1.54) is 12.3 Å². The third-order valence-corrected chi connectivity index (χ3v) is 1.77. The Morgan fingerprint density at radius 3 is 3.17 bits per heavy atom. The zero-order valence-corrected chi connectivity index (χ0v) is 6.80. The van der Waals surface area contributed by atoms with Crippen molar-refractivity contribution in [2.24, 2.45) is 0 Å². The Morgan fingerprint density at radius 1 is 1.50 bits per heavy atom. The van der Waals surface area contributed by atoms with Crippen molar-refractivity contribution in [1.82, 2.24) is 9.97 Å². The van der Waals surface area contributed by atoms with E-state index in [9.17, 15) is 4.79 Å². The zero-order chi connectivity index (χ0) is 8.55. The van der Waals surface area contributed by atoms with Crippen molar-refractivity contribution in [3.8, 4) is 0 Å². The molecule has 0 unspecified atom stereocenters. The summed E-state index contributed by atoms with van der Waals surface area (Å²) in [4.78, 5) is 18.0. The molecule has 2 aromatic heterocycles. The minimum Gasteiger partial charge on any atom is -0.360 e. The summed E-state index contributed by atoms with van der Waals surface area (Å²) in [5.41, 5.74) is 0.984. The lowest BCUT2D eigenvalue weighted by molar-refractivity contribution is 1.31. The number of aromatic nitrogens is 2. The molecule has 0 spiro atoms. The molecular weight excluding hydrogens is 176 g/mol. The second-order valence-corrected chi connectivity index (χ2v) is 2.83. The van der Waals surface area contributed by atoms with Crippen LogP contribution in [0.4, 0.5) is 0 Å². The maximum atomic E-state index is 11.2. The molecule has 0 aliphatic carbocycles. The van der Waals surface area contributed by atoms with Gasteiger partial charge < -0.3 is 4.98 Å². The van der Waals surface area contributed by atoms with Crippen LogP contribution in [0.25, 0.3) is 11.0 Å². The normalized spacial score (nSPS) is 10.4. The molecule has 0 saturated carbocycles. The van der Waals surface area contributed by atoms with E-state index in [-0.39, 0.29) is 5.43 Å². The van der Waals surface area contributed by atoms with Crippen molar-refractivity contribution >= 4 is 22.6 Å². The third-order valence-electron chi connectivity index (χ3n) is 1.56. The van der Waals surface area contributed by atoms with Crippen LogP contribution in [-0.2, 0) is 0 Å². The van der Waals surface area contributed by atoms with Gasteiger partial charge in [-0.25, -0.2) is 4.98 Å². The van der Waals surface area contributed by atoms with Gasteiger partial charge in [0, 0.05) is 18.5 Å². The van der Waals surface area contributed by atoms with Crippen LogP contribution in [0.5, 0.6) is 0 Å². The Labute approximate surface area is 73.0 Å². The molecule has 0 saturated heterocycles. The fourth-order valence-corrected chi connectivity index (χ4v) is 1.19. The van der Waals surface area contributed by atoms with Crippen LogP contribution >= 0.6 is 11.6 Å². The fourth-order valence-electron chi connectivity index (χ4n) is 1.03. The van der Waals surface area contributed by atoms with E-state index >= 15 is 0 Å². The number of hydrogen-bond acceptors (Lipinski definition) is 2. The molecule has 0 fully saturated rings. The van der Waals surface area contributed by atoms with Crippen molar-refractivity contribution in [3.63, 3.8) is 0 Å². The molecule has 0 amide bonds. The highest BCUT2D eigenvalue weighted by molar-refractivity contribution is 6.31. The molecule has 3 nitrogen and oxygen atoms in total. The lowest BCUT2D eigenvalue weighted by Crippen LogP contribution is -2.01. The van der Waals surface area contributed by atoms with Crippen molar-refractivity contribution < 1.29 is 0 Å². The summed E-state index contributed by atoms with van der Waals surface area (Å²) in [6.07, 6.45) is 3.03. The molecule has 0 bridgehead atoms. The largest absolute Gasteiger partial charge is 0.360 e. The average Bonchev–Trinajstić information content (AvgIpc) is 2.04. The molecule has 60 valence electrons. The summed E-state index contributed by atoms with van der Waals surface area (Å²) in [6, 6.07) is 3.11. The summed E-state index contributed by atoms with van der Waals surface area (Å²) >= 11 is 5.69. The van der Waals surface area contributed by atoms with Gasteiger partial charge in [0.15, 0.2) is 0 Å². The predicted molar refractivity (Wildman–Crippen MR) is 47.4 cm³/mol. The van der Waals surface area contributed by atoms with E-state index in [2.05, 4.69) is 9.97 Å². The monoisotopic (exact) mass is 180 g/mol. The fraction of sp³-hybridized carbons (Fsp3) is 0. The van der Waals surface area contributed by atoms with Gasteiger partial charge in [0.2, 0.25) is 5.43 Å². The first-order valence-corrected chi connectivity index (χ1v) is 3.78. The van der Waals surface area contributed by atoms with Gasteiger partial charge in [-0.15, -0.1) is 0 Å². The molecule has 12 heavy (non-hydrogen) atoms. The predicted octanol–water partition coefficient (Wildman–Crippen LogP) is 1.58. The van der Waals surface area contributed by atoms with Gasteiger partial charge in [0.25, 0.3) is 0 Å². The summed E-state index contributed by atoms with van der Waals surface area (Å²) in [5.74, 6) is 0. The van der Waals surface area contributed by atoms with Crippen LogP contribution in [0.3, 0.4) is 0 Å². The number of nitrogens with zero attached hydrogens (tertiary/aromatic N) is 1. The maximum absolute atomic E-state index is 11.2. The van der Waals surface area contributed by atoms with Gasteiger partial charge in [-0.1, -0.05) is 11.6 Å². The van der Waals surface area contributed by atoms with Gasteiger partial charge in [-0.05, 0) is 6.07 Å². The van der Waals surface area contributed by atoms with Crippen molar-refractivity contribution in [3.05, 3.63) is 39.8 Å². The van der Waals surface area contributed by atoms with Gasteiger partial charge in [-0.2, -0.15) is 0 Å². The number of aromatic amines is 1. The van der Waals surface area contributed by atoms with Gasteiger partial charge in [-0.3, -0.25) is 4.79 Å². The summed E-state index contributed by atoms with van der Waals surface area (Å²) in [6.45, 7) is 0. The Balaban J connectivity index is 2.96. The van der Waals surface area contributed by atoms with E-state index in [1.807, 2.05) is 0 Å². The van der Waals surface area contributed by atoms with Crippen LogP contribution < -0.4 is 5.43 Å². The Kier molecular flexibility index (Phi) is 1.59. The SMILES string of the molecule is O=c1cc[nH]c2cc(Cl)cnc12. The molecule has 2 rings (SSSR count). The Hall–Kier alpha value is -1.35. The van der Waals surface area contributed by atoms with Crippen LogP contribution in [0.1, 0.15) is 0 Å². The molecule has 2 aromatic rings. The molecular formula is C8H5ClN2O. The average molecular weight is 181 g/mol. The lowest BCUT2D eigenvalue weighted by atomic mass is 10.3. The van der Waals surface area contributed by atoms with E-state index in [1.54, 1.807) is 12.3 Å². The van der Waals surface area contributed by atoms with Crippen LogP contribution in [0, 0.1) is 0 Å². The first-order chi connectivity index (χ1) is 5.77. The molecule has 0 atom stereocenters. The maximum Gasteiger partial charge on any atom is 0.207 e. The van der Waals surface area contributed by atoms with Crippen molar-refractivity contribution in [2.45, 2.75) is 0 Å². The number of hydrogen-bond donors (Lipinski definition) is 1. The highest BCUT2D eigenvalue weighted by Crippen LogP contribution is 2.10. The quantitative estimate of drug-likeness (QED) is 0.669. The molecule has 1 N–H and O–H groups in total. The van der Waals surface area contributed by atoms with Gasteiger partial charge in [0.05, 0.1) is 10.5 Å². The second-order valence-electron chi connectivity index (χ2n) is 2.39. The highest BCUT2D eigenvalue weighted by Gasteiger charge is 1.98. The summed E-state index contributed by atoms with van der Waals surface area (Å²) < 4.78 is 0. The van der Waals surface area contributed by atoms with E-state index in [0.717, 1.165) is 0 Å². The minimum absolute atomic E-state index is 0.0968. The number of fused-ring (bicyclic) bond motifs is 1. The standard InChI is InChI=1S/C8H5ClN2O/c9-5-3-6-8(11-4-5)7(12)1-2-10-6/h1-4H,(H,10,12). The molecule has 0 aliphatic heterocycles. The van der Waals surface area contributed by atoms with Crippen LogP contribution in [-0.4, -0.2) is 9.97 Å². The summed E-state index contributed by atoms with van der Waals surface area (Å²) in [7, 11) is 0. The van der Waals surface area contributed by atoms with E-state index < -0.39 is 0 Å². The third kappa shape index (κ3) is 1.08. The molecule has 0 aliphatic rings. The topological polar surface area (TPSA) is 45.8 Å². The second kappa shape index (κ2) is 2.60. The van der Waals surface area contributed by atoms with E-state index in [0.29, 0.717) is 16.1 Å². The Bertz CT molecular complexity index is 478. The molecule has 2 heterocycles. The Morgan fingerprint density at radius 2 is 2.33 bits per heavy atom. The van der Waals surface area contributed by atoms with Crippen molar-refractivity contribution in [2.75, 3.05) is 0 Å². The van der Waals surface area contributed by atoms with Gasteiger partial charge in [0.1, 0.15) is 5.52 Å².